The lowest BCUT2D eigenvalue weighted by Crippen LogP contribution is -2.24. The summed E-state index contributed by atoms with van der Waals surface area (Å²) < 4.78 is 11.0. The molecule has 1 unspecified atom stereocenters. The lowest BCUT2D eigenvalue weighted by molar-refractivity contribution is -0.141. The van der Waals surface area contributed by atoms with E-state index in [1.807, 2.05) is 37.2 Å². The number of carbonyl (C=O) groups is 1. The van der Waals surface area contributed by atoms with E-state index >= 15 is 0 Å². The van der Waals surface area contributed by atoms with Crippen molar-refractivity contribution in [3.63, 3.8) is 0 Å². The topological polar surface area (TPSA) is 38.8 Å². The number of hydrogen-bond acceptors (Lipinski definition) is 4. The van der Waals surface area contributed by atoms with Crippen LogP contribution in [0.1, 0.15) is 18.0 Å². The van der Waals surface area contributed by atoms with Crippen molar-refractivity contribution in [1.82, 2.24) is 4.90 Å². The molecule has 0 spiro atoms. The second-order valence-electron chi connectivity index (χ2n) is 4.15. The molecule has 1 rings (SSSR count). The first-order valence-corrected chi connectivity index (χ1v) is 6.35. The van der Waals surface area contributed by atoms with Crippen molar-refractivity contribution in [3.05, 3.63) is 28.2 Å². The fraction of sp³-hybridized carbons (Fsp3) is 0.462. The highest BCUT2D eigenvalue weighted by Crippen LogP contribution is 2.33. The highest BCUT2D eigenvalue weighted by Gasteiger charge is 2.22. The van der Waals surface area contributed by atoms with Gasteiger partial charge < -0.3 is 14.4 Å². The van der Waals surface area contributed by atoms with E-state index in [1.54, 1.807) is 7.11 Å². The summed E-state index contributed by atoms with van der Waals surface area (Å²) >= 11 is 3.44. The van der Waals surface area contributed by atoms with Gasteiger partial charge in [-0.05, 0) is 32.3 Å². The fourth-order valence-corrected chi connectivity index (χ4v) is 2.16. The van der Waals surface area contributed by atoms with Crippen LogP contribution in [0, 0.1) is 0 Å². The lowest BCUT2D eigenvalue weighted by atomic mass is 10.0. The van der Waals surface area contributed by atoms with Gasteiger partial charge in [0.2, 0.25) is 0 Å². The monoisotopic (exact) mass is 315 g/mol. The predicted octanol–water partition coefficient (Wildman–Crippen LogP) is 2.62. The third-order valence-electron chi connectivity index (χ3n) is 2.76. The van der Waals surface area contributed by atoms with Crippen LogP contribution in [0.4, 0.5) is 0 Å². The Hall–Kier alpha value is -1.07. The Morgan fingerprint density at radius 2 is 2.06 bits per heavy atom. The van der Waals surface area contributed by atoms with Crippen LogP contribution >= 0.6 is 15.9 Å². The standard InChI is InChI=1S/C13H18BrNO3/c1-15(2)11(8-13(16)18-4)10-7-9(14)5-6-12(10)17-3/h5-7,11H,8H2,1-4H3. The summed E-state index contributed by atoms with van der Waals surface area (Å²) in [4.78, 5) is 13.5. The van der Waals surface area contributed by atoms with E-state index in [4.69, 9.17) is 9.47 Å². The molecule has 0 aromatic heterocycles. The van der Waals surface area contributed by atoms with Crippen molar-refractivity contribution >= 4 is 21.9 Å². The van der Waals surface area contributed by atoms with Gasteiger partial charge in [0.25, 0.3) is 0 Å². The molecule has 0 amide bonds. The maximum absolute atomic E-state index is 11.5. The molecule has 100 valence electrons. The number of nitrogens with zero attached hydrogens (tertiary/aromatic N) is 1. The summed E-state index contributed by atoms with van der Waals surface area (Å²) in [5, 5.41) is 0. The minimum absolute atomic E-state index is 0.0788. The van der Waals surface area contributed by atoms with E-state index in [2.05, 4.69) is 15.9 Å². The molecule has 0 aliphatic heterocycles. The van der Waals surface area contributed by atoms with E-state index in [0.717, 1.165) is 15.8 Å². The van der Waals surface area contributed by atoms with Gasteiger partial charge in [0.05, 0.1) is 20.6 Å². The number of halogens is 1. The van der Waals surface area contributed by atoms with Crippen LogP contribution in [0.25, 0.3) is 0 Å². The first-order chi connectivity index (χ1) is 8.49. The summed E-state index contributed by atoms with van der Waals surface area (Å²) in [5.41, 5.74) is 0.960. The molecular weight excluding hydrogens is 298 g/mol. The van der Waals surface area contributed by atoms with Gasteiger partial charge in [-0.25, -0.2) is 0 Å². The number of carbonyl (C=O) groups excluding carboxylic acids is 1. The van der Waals surface area contributed by atoms with E-state index in [9.17, 15) is 4.79 Å². The zero-order chi connectivity index (χ0) is 13.7. The SMILES string of the molecule is COC(=O)CC(c1cc(Br)ccc1OC)N(C)C. The van der Waals surface area contributed by atoms with Crippen molar-refractivity contribution in [3.8, 4) is 5.75 Å². The van der Waals surface area contributed by atoms with Crippen molar-refractivity contribution in [2.24, 2.45) is 0 Å². The number of hydrogen-bond donors (Lipinski definition) is 0. The average Bonchev–Trinajstić information content (AvgIpc) is 2.35. The minimum Gasteiger partial charge on any atom is -0.496 e. The number of rotatable bonds is 5. The third kappa shape index (κ3) is 3.71. The normalized spacial score (nSPS) is 12.3. The van der Waals surface area contributed by atoms with E-state index in [0.29, 0.717) is 0 Å². The maximum Gasteiger partial charge on any atom is 0.307 e. The highest BCUT2D eigenvalue weighted by molar-refractivity contribution is 9.10. The summed E-state index contributed by atoms with van der Waals surface area (Å²) in [5.74, 6) is 0.525. The van der Waals surface area contributed by atoms with E-state index in [1.165, 1.54) is 7.11 Å². The molecule has 0 saturated heterocycles. The molecular formula is C13H18BrNO3. The lowest BCUT2D eigenvalue weighted by Gasteiger charge is -2.25. The fourth-order valence-electron chi connectivity index (χ4n) is 1.78. The first-order valence-electron chi connectivity index (χ1n) is 5.56. The third-order valence-corrected chi connectivity index (χ3v) is 3.26. The number of benzene rings is 1. The molecule has 18 heavy (non-hydrogen) atoms. The van der Waals surface area contributed by atoms with Gasteiger partial charge >= 0.3 is 5.97 Å². The summed E-state index contributed by atoms with van der Waals surface area (Å²) in [6.07, 6.45) is 0.288. The van der Waals surface area contributed by atoms with Crippen molar-refractivity contribution in [1.29, 1.82) is 0 Å². The Kier molecular flexibility index (Phi) is 5.62. The second-order valence-corrected chi connectivity index (χ2v) is 5.06. The summed E-state index contributed by atoms with van der Waals surface area (Å²) in [6.45, 7) is 0. The molecule has 0 saturated carbocycles. The van der Waals surface area contributed by atoms with Crippen LogP contribution in [0.5, 0.6) is 5.75 Å². The molecule has 0 N–H and O–H groups in total. The molecule has 0 fully saturated rings. The Morgan fingerprint density at radius 1 is 1.39 bits per heavy atom. The number of esters is 1. The van der Waals surface area contributed by atoms with Crippen LogP contribution < -0.4 is 4.74 Å². The van der Waals surface area contributed by atoms with Crippen LogP contribution in [0.3, 0.4) is 0 Å². The van der Waals surface area contributed by atoms with E-state index in [-0.39, 0.29) is 18.4 Å². The van der Waals surface area contributed by atoms with Crippen LogP contribution in [0.2, 0.25) is 0 Å². The van der Waals surface area contributed by atoms with Crippen LogP contribution in [-0.2, 0) is 9.53 Å². The molecule has 0 aliphatic rings. The largest absolute Gasteiger partial charge is 0.496 e. The highest BCUT2D eigenvalue weighted by atomic mass is 79.9. The Morgan fingerprint density at radius 3 is 2.56 bits per heavy atom. The van der Waals surface area contributed by atoms with Crippen molar-refractivity contribution in [2.75, 3.05) is 28.3 Å². The molecule has 0 heterocycles. The zero-order valence-electron chi connectivity index (χ0n) is 11.1. The van der Waals surface area contributed by atoms with Gasteiger partial charge in [-0.2, -0.15) is 0 Å². The molecule has 1 aromatic carbocycles. The maximum atomic E-state index is 11.5. The predicted molar refractivity (Wildman–Crippen MR) is 73.8 cm³/mol. The smallest absolute Gasteiger partial charge is 0.307 e. The van der Waals surface area contributed by atoms with Gasteiger partial charge in [-0.1, -0.05) is 15.9 Å². The Balaban J connectivity index is 3.12. The molecule has 1 aromatic rings. The van der Waals surface area contributed by atoms with Gasteiger partial charge in [0, 0.05) is 16.1 Å². The Labute approximate surface area is 116 Å². The second kappa shape index (κ2) is 6.75. The van der Waals surface area contributed by atoms with Gasteiger partial charge in [-0.3, -0.25) is 4.79 Å². The molecule has 4 nitrogen and oxygen atoms in total. The van der Waals surface area contributed by atoms with Crippen molar-refractivity contribution < 1.29 is 14.3 Å². The molecule has 1 atom stereocenters. The van der Waals surface area contributed by atoms with Crippen molar-refractivity contribution in [2.45, 2.75) is 12.5 Å². The molecule has 0 aliphatic carbocycles. The van der Waals surface area contributed by atoms with Gasteiger partial charge in [-0.15, -0.1) is 0 Å². The molecule has 0 bridgehead atoms. The average molecular weight is 316 g/mol. The van der Waals surface area contributed by atoms with Gasteiger partial charge in [0.1, 0.15) is 5.75 Å². The quantitative estimate of drug-likeness (QED) is 0.783. The zero-order valence-corrected chi connectivity index (χ0v) is 12.7. The Bertz CT molecular complexity index is 421. The van der Waals surface area contributed by atoms with E-state index < -0.39 is 0 Å². The molecule has 0 radical (unpaired) electrons. The number of ether oxygens (including phenoxy) is 2. The first kappa shape index (κ1) is 15.0. The number of methoxy groups -OCH3 is 2. The summed E-state index contributed by atoms with van der Waals surface area (Å²) in [7, 11) is 6.87. The molecule has 5 heteroatoms. The summed E-state index contributed by atoms with van der Waals surface area (Å²) in [6, 6.07) is 5.68. The van der Waals surface area contributed by atoms with Crippen LogP contribution in [-0.4, -0.2) is 39.2 Å². The van der Waals surface area contributed by atoms with Gasteiger partial charge in [0.15, 0.2) is 0 Å². The van der Waals surface area contributed by atoms with Crippen LogP contribution in [0.15, 0.2) is 22.7 Å². The minimum atomic E-state index is -0.240.